The molecule has 0 fully saturated rings. The SMILES string of the molecule is Oc1ccc2c(Br)c(-c3ccc(Br)cc3)sc2c1. The number of benzene rings is 2. The van der Waals surface area contributed by atoms with E-state index in [1.807, 2.05) is 18.2 Å². The van der Waals surface area contributed by atoms with E-state index in [0.717, 1.165) is 19.0 Å². The minimum absolute atomic E-state index is 0.304. The van der Waals surface area contributed by atoms with Crippen LogP contribution in [-0.4, -0.2) is 5.11 Å². The second-order valence-electron chi connectivity index (χ2n) is 3.93. The molecule has 0 bridgehead atoms. The first-order valence-corrected chi connectivity index (χ1v) is 7.72. The summed E-state index contributed by atoms with van der Waals surface area (Å²) in [5.74, 6) is 0.304. The second-order valence-corrected chi connectivity index (χ2v) is 6.69. The van der Waals surface area contributed by atoms with E-state index in [4.69, 9.17) is 0 Å². The summed E-state index contributed by atoms with van der Waals surface area (Å²) in [7, 11) is 0. The van der Waals surface area contributed by atoms with Crippen LogP contribution >= 0.6 is 43.2 Å². The number of rotatable bonds is 1. The molecule has 3 rings (SSSR count). The lowest BCUT2D eigenvalue weighted by Crippen LogP contribution is -1.72. The zero-order valence-electron chi connectivity index (χ0n) is 9.15. The lowest BCUT2D eigenvalue weighted by molar-refractivity contribution is 0.476. The van der Waals surface area contributed by atoms with Crippen molar-refractivity contribution >= 4 is 53.3 Å². The van der Waals surface area contributed by atoms with Gasteiger partial charge in [-0.2, -0.15) is 0 Å². The third-order valence-electron chi connectivity index (χ3n) is 2.72. The molecule has 0 radical (unpaired) electrons. The van der Waals surface area contributed by atoms with Crippen molar-refractivity contribution in [2.75, 3.05) is 0 Å². The first-order chi connectivity index (χ1) is 8.65. The van der Waals surface area contributed by atoms with Crippen molar-refractivity contribution in [2.45, 2.75) is 0 Å². The molecule has 0 saturated heterocycles. The molecule has 0 aliphatic carbocycles. The Balaban J connectivity index is 2.23. The number of halogens is 2. The Morgan fingerprint density at radius 2 is 1.67 bits per heavy atom. The van der Waals surface area contributed by atoms with Gasteiger partial charge in [0, 0.05) is 23.9 Å². The molecule has 0 saturated carbocycles. The molecule has 1 N–H and O–H groups in total. The number of hydrogen-bond donors (Lipinski definition) is 1. The molecule has 3 aromatic rings. The highest BCUT2D eigenvalue weighted by Crippen LogP contribution is 2.43. The Kier molecular flexibility index (Phi) is 3.18. The molecule has 0 aliphatic heterocycles. The number of phenolic OH excluding ortho intramolecular Hbond substituents is 1. The van der Waals surface area contributed by atoms with E-state index in [2.05, 4.69) is 44.0 Å². The van der Waals surface area contributed by atoms with Crippen LogP contribution in [0.25, 0.3) is 20.5 Å². The quantitative estimate of drug-likeness (QED) is 0.563. The maximum absolute atomic E-state index is 9.52. The van der Waals surface area contributed by atoms with Gasteiger partial charge >= 0.3 is 0 Å². The number of hydrogen-bond acceptors (Lipinski definition) is 2. The van der Waals surface area contributed by atoms with Crippen LogP contribution in [0, 0.1) is 0 Å². The highest BCUT2D eigenvalue weighted by Gasteiger charge is 2.11. The summed E-state index contributed by atoms with van der Waals surface area (Å²) < 4.78 is 3.24. The van der Waals surface area contributed by atoms with E-state index in [9.17, 15) is 5.11 Å². The summed E-state index contributed by atoms with van der Waals surface area (Å²) in [6, 6.07) is 13.7. The Morgan fingerprint density at radius 1 is 0.944 bits per heavy atom. The first kappa shape index (κ1) is 12.2. The monoisotopic (exact) mass is 382 g/mol. The van der Waals surface area contributed by atoms with Crippen molar-refractivity contribution in [1.29, 1.82) is 0 Å². The van der Waals surface area contributed by atoms with Crippen LogP contribution < -0.4 is 0 Å². The number of phenols is 1. The molecular weight excluding hydrogens is 376 g/mol. The smallest absolute Gasteiger partial charge is 0.117 e. The largest absolute Gasteiger partial charge is 0.508 e. The molecular formula is C14H8Br2OS. The minimum Gasteiger partial charge on any atom is -0.508 e. The molecule has 18 heavy (non-hydrogen) atoms. The predicted octanol–water partition coefficient (Wildman–Crippen LogP) is 5.80. The van der Waals surface area contributed by atoms with Gasteiger partial charge in [0.1, 0.15) is 5.75 Å². The Labute approximate surface area is 125 Å². The van der Waals surface area contributed by atoms with Crippen molar-refractivity contribution in [3.05, 3.63) is 51.4 Å². The van der Waals surface area contributed by atoms with E-state index in [1.54, 1.807) is 23.5 Å². The van der Waals surface area contributed by atoms with Gasteiger partial charge in [-0.3, -0.25) is 0 Å². The molecule has 0 amide bonds. The molecule has 1 aromatic heterocycles. The number of fused-ring (bicyclic) bond motifs is 1. The number of aromatic hydroxyl groups is 1. The minimum atomic E-state index is 0.304. The third kappa shape index (κ3) is 2.09. The highest BCUT2D eigenvalue weighted by molar-refractivity contribution is 9.11. The molecule has 4 heteroatoms. The van der Waals surface area contributed by atoms with Crippen LogP contribution in [0.3, 0.4) is 0 Å². The van der Waals surface area contributed by atoms with Crippen molar-refractivity contribution in [3.8, 4) is 16.2 Å². The van der Waals surface area contributed by atoms with Gasteiger partial charge in [0.25, 0.3) is 0 Å². The Hall–Kier alpha value is -0.840. The summed E-state index contributed by atoms with van der Waals surface area (Å²) in [5.41, 5.74) is 1.17. The summed E-state index contributed by atoms with van der Waals surface area (Å²) in [4.78, 5) is 1.18. The molecule has 1 heterocycles. The standard InChI is InChI=1S/C14H8Br2OS/c15-9-3-1-8(2-4-9)14-13(16)11-6-5-10(17)7-12(11)18-14/h1-7,17H. The maximum atomic E-state index is 9.52. The van der Waals surface area contributed by atoms with Gasteiger partial charge in [0.15, 0.2) is 0 Å². The van der Waals surface area contributed by atoms with Gasteiger partial charge in [-0.05, 0) is 51.8 Å². The van der Waals surface area contributed by atoms with Gasteiger partial charge in [0.05, 0.1) is 0 Å². The Bertz CT molecular complexity index is 716. The van der Waals surface area contributed by atoms with Gasteiger partial charge in [-0.1, -0.05) is 28.1 Å². The van der Waals surface area contributed by atoms with E-state index in [0.29, 0.717) is 5.75 Å². The van der Waals surface area contributed by atoms with Crippen LogP contribution in [-0.2, 0) is 0 Å². The van der Waals surface area contributed by atoms with Crippen molar-refractivity contribution in [2.24, 2.45) is 0 Å². The fraction of sp³-hybridized carbons (Fsp3) is 0. The highest BCUT2D eigenvalue weighted by atomic mass is 79.9. The fourth-order valence-electron chi connectivity index (χ4n) is 1.84. The van der Waals surface area contributed by atoms with E-state index < -0.39 is 0 Å². The normalized spacial score (nSPS) is 11.0. The lowest BCUT2D eigenvalue weighted by atomic mass is 10.1. The van der Waals surface area contributed by atoms with Gasteiger partial charge < -0.3 is 5.11 Å². The van der Waals surface area contributed by atoms with Crippen molar-refractivity contribution < 1.29 is 5.11 Å². The Morgan fingerprint density at radius 3 is 2.39 bits per heavy atom. The molecule has 0 atom stereocenters. The lowest BCUT2D eigenvalue weighted by Gasteiger charge is -1.98. The molecule has 0 spiro atoms. The van der Waals surface area contributed by atoms with E-state index in [1.165, 1.54) is 10.4 Å². The topological polar surface area (TPSA) is 20.2 Å². The van der Waals surface area contributed by atoms with Crippen LogP contribution in [0.1, 0.15) is 0 Å². The second kappa shape index (κ2) is 4.68. The van der Waals surface area contributed by atoms with Gasteiger partial charge in [-0.25, -0.2) is 0 Å². The van der Waals surface area contributed by atoms with Crippen LogP contribution in [0.15, 0.2) is 51.4 Å². The summed E-state index contributed by atoms with van der Waals surface area (Å²) in [6.07, 6.45) is 0. The molecule has 90 valence electrons. The summed E-state index contributed by atoms with van der Waals surface area (Å²) in [5, 5.41) is 10.7. The summed E-state index contributed by atoms with van der Waals surface area (Å²) >= 11 is 8.76. The third-order valence-corrected chi connectivity index (χ3v) is 5.54. The molecule has 0 aliphatic rings. The number of thiophene rings is 1. The summed E-state index contributed by atoms with van der Waals surface area (Å²) in [6.45, 7) is 0. The van der Waals surface area contributed by atoms with Crippen LogP contribution in [0.2, 0.25) is 0 Å². The fourth-order valence-corrected chi connectivity index (χ4v) is 4.19. The molecule has 1 nitrogen and oxygen atoms in total. The van der Waals surface area contributed by atoms with Crippen molar-refractivity contribution in [1.82, 2.24) is 0 Å². The average molecular weight is 384 g/mol. The average Bonchev–Trinajstić information content (AvgIpc) is 2.67. The van der Waals surface area contributed by atoms with Crippen molar-refractivity contribution in [3.63, 3.8) is 0 Å². The van der Waals surface area contributed by atoms with Crippen LogP contribution in [0.5, 0.6) is 5.75 Å². The van der Waals surface area contributed by atoms with Crippen LogP contribution in [0.4, 0.5) is 0 Å². The zero-order valence-corrected chi connectivity index (χ0v) is 13.1. The van der Waals surface area contributed by atoms with Gasteiger partial charge in [-0.15, -0.1) is 11.3 Å². The zero-order chi connectivity index (χ0) is 12.7. The van der Waals surface area contributed by atoms with E-state index in [-0.39, 0.29) is 0 Å². The molecule has 0 unspecified atom stereocenters. The predicted molar refractivity (Wildman–Crippen MR) is 84.3 cm³/mol. The molecule has 2 aromatic carbocycles. The first-order valence-electron chi connectivity index (χ1n) is 5.32. The maximum Gasteiger partial charge on any atom is 0.117 e. The van der Waals surface area contributed by atoms with Gasteiger partial charge in [0.2, 0.25) is 0 Å². The van der Waals surface area contributed by atoms with E-state index >= 15 is 0 Å².